The molecule has 1 saturated carbocycles. The van der Waals surface area contributed by atoms with Gasteiger partial charge in [0.2, 0.25) is 0 Å². The van der Waals surface area contributed by atoms with Crippen LogP contribution in [-0.2, 0) is 16.6 Å². The summed E-state index contributed by atoms with van der Waals surface area (Å²) in [6, 6.07) is 4.38. The first-order valence-electron chi connectivity index (χ1n) is 8.82. The van der Waals surface area contributed by atoms with Crippen molar-refractivity contribution in [3.8, 4) is 11.5 Å². The van der Waals surface area contributed by atoms with Crippen molar-refractivity contribution in [1.82, 2.24) is 4.90 Å². The van der Waals surface area contributed by atoms with Crippen molar-refractivity contribution < 1.29 is 19.7 Å². The van der Waals surface area contributed by atoms with E-state index in [2.05, 4.69) is 18.0 Å². The molecule has 1 aliphatic heterocycles. The van der Waals surface area contributed by atoms with Crippen molar-refractivity contribution in [2.24, 2.45) is 5.92 Å². The third-order valence-corrected chi connectivity index (χ3v) is 6.82. The molecule has 1 aromatic carbocycles. The van der Waals surface area contributed by atoms with Gasteiger partial charge in [-0.2, -0.15) is 0 Å². The van der Waals surface area contributed by atoms with Gasteiger partial charge in [0.25, 0.3) is 0 Å². The zero-order valence-corrected chi connectivity index (χ0v) is 14.7. The summed E-state index contributed by atoms with van der Waals surface area (Å²) >= 11 is 0. The van der Waals surface area contributed by atoms with Crippen LogP contribution in [0, 0.1) is 5.92 Å². The van der Waals surface area contributed by atoms with Crippen molar-refractivity contribution >= 4 is 0 Å². The SMILES string of the molecule is COc1ccc2c(c1O)C13CCN(C)C(C2)C1CC(OC)C(O)C3. The molecule has 1 saturated heterocycles. The van der Waals surface area contributed by atoms with Crippen LogP contribution in [0.4, 0.5) is 0 Å². The average Bonchev–Trinajstić information content (AvgIpc) is 2.57. The summed E-state index contributed by atoms with van der Waals surface area (Å²) in [5.74, 6) is 1.18. The van der Waals surface area contributed by atoms with Crippen LogP contribution < -0.4 is 4.74 Å². The summed E-state index contributed by atoms with van der Waals surface area (Å²) in [7, 11) is 5.46. The lowest BCUT2D eigenvalue weighted by atomic mass is 9.51. The van der Waals surface area contributed by atoms with E-state index in [1.807, 2.05) is 6.07 Å². The second-order valence-corrected chi connectivity index (χ2v) is 7.70. The summed E-state index contributed by atoms with van der Waals surface area (Å²) in [4.78, 5) is 2.44. The fourth-order valence-corrected chi connectivity index (χ4v) is 5.64. The van der Waals surface area contributed by atoms with Crippen LogP contribution >= 0.6 is 0 Å². The number of benzene rings is 1. The Hall–Kier alpha value is -1.30. The van der Waals surface area contributed by atoms with Crippen molar-refractivity contribution in [1.29, 1.82) is 0 Å². The number of methoxy groups -OCH3 is 2. The van der Waals surface area contributed by atoms with E-state index in [9.17, 15) is 10.2 Å². The van der Waals surface area contributed by atoms with E-state index in [4.69, 9.17) is 9.47 Å². The number of piperidine rings is 1. The van der Waals surface area contributed by atoms with Crippen molar-refractivity contribution in [2.45, 2.75) is 49.3 Å². The third-order valence-electron chi connectivity index (χ3n) is 6.82. The van der Waals surface area contributed by atoms with Crippen molar-refractivity contribution in [2.75, 3.05) is 27.8 Å². The fourth-order valence-electron chi connectivity index (χ4n) is 5.64. The topological polar surface area (TPSA) is 62.2 Å². The van der Waals surface area contributed by atoms with Gasteiger partial charge in [-0.05, 0) is 56.8 Å². The number of phenols is 1. The molecule has 2 bridgehead atoms. The first-order valence-corrected chi connectivity index (χ1v) is 8.82. The molecule has 2 N–H and O–H groups in total. The predicted molar refractivity (Wildman–Crippen MR) is 90.6 cm³/mol. The molecule has 0 aromatic heterocycles. The van der Waals surface area contributed by atoms with Gasteiger partial charge in [-0.1, -0.05) is 6.07 Å². The van der Waals surface area contributed by atoms with Crippen LogP contribution in [0.25, 0.3) is 0 Å². The predicted octanol–water partition coefficient (Wildman–Crippen LogP) is 1.68. The Morgan fingerprint density at radius 2 is 2.08 bits per heavy atom. The van der Waals surface area contributed by atoms with E-state index in [1.165, 1.54) is 5.56 Å². The molecule has 2 fully saturated rings. The highest BCUT2D eigenvalue weighted by Gasteiger charge is 2.58. The fraction of sp³-hybridized carbons (Fsp3) is 0.684. The zero-order chi connectivity index (χ0) is 17.1. The maximum atomic E-state index is 10.9. The van der Waals surface area contributed by atoms with E-state index in [0.717, 1.165) is 31.4 Å². The molecule has 5 nitrogen and oxygen atoms in total. The van der Waals surface area contributed by atoms with Gasteiger partial charge in [0.05, 0.1) is 19.3 Å². The maximum Gasteiger partial charge on any atom is 0.161 e. The van der Waals surface area contributed by atoms with Gasteiger partial charge in [-0.15, -0.1) is 0 Å². The molecule has 2 aliphatic carbocycles. The summed E-state index contributed by atoms with van der Waals surface area (Å²) in [6.07, 6.45) is 2.75. The number of hydrogen-bond donors (Lipinski definition) is 2. The highest BCUT2D eigenvalue weighted by molar-refractivity contribution is 5.56. The number of nitrogens with zero attached hydrogens (tertiary/aromatic N) is 1. The Morgan fingerprint density at radius 3 is 2.79 bits per heavy atom. The molecule has 0 spiro atoms. The molecule has 4 rings (SSSR count). The minimum Gasteiger partial charge on any atom is -0.504 e. The van der Waals surface area contributed by atoms with Crippen LogP contribution in [0.2, 0.25) is 0 Å². The lowest BCUT2D eigenvalue weighted by Crippen LogP contribution is -2.63. The minimum atomic E-state index is -0.494. The van der Waals surface area contributed by atoms with Crippen LogP contribution in [0.3, 0.4) is 0 Å². The molecule has 0 amide bonds. The Balaban J connectivity index is 1.89. The average molecular weight is 333 g/mol. The Morgan fingerprint density at radius 1 is 1.29 bits per heavy atom. The van der Waals surface area contributed by atoms with Crippen LogP contribution in [0.5, 0.6) is 11.5 Å². The number of aromatic hydroxyl groups is 1. The van der Waals surface area contributed by atoms with Crippen molar-refractivity contribution in [3.63, 3.8) is 0 Å². The number of aliphatic hydroxyl groups is 1. The minimum absolute atomic E-state index is 0.119. The van der Waals surface area contributed by atoms with Gasteiger partial charge >= 0.3 is 0 Å². The quantitative estimate of drug-likeness (QED) is 0.862. The smallest absolute Gasteiger partial charge is 0.161 e. The molecule has 5 heteroatoms. The molecule has 1 aromatic rings. The Kier molecular flexibility index (Phi) is 3.79. The Bertz CT molecular complexity index is 648. The normalized spacial score (nSPS) is 38.3. The zero-order valence-electron chi connectivity index (χ0n) is 14.7. The summed E-state index contributed by atoms with van der Waals surface area (Å²) < 4.78 is 10.9. The molecule has 3 aliphatic rings. The third kappa shape index (κ3) is 2.04. The monoisotopic (exact) mass is 333 g/mol. The molecule has 24 heavy (non-hydrogen) atoms. The van der Waals surface area contributed by atoms with Gasteiger partial charge in [0.1, 0.15) is 0 Å². The second-order valence-electron chi connectivity index (χ2n) is 7.70. The molecule has 5 atom stereocenters. The number of likely N-dealkylation sites (tertiary alicyclic amines) is 1. The second kappa shape index (κ2) is 5.61. The van der Waals surface area contributed by atoms with E-state index in [-0.39, 0.29) is 17.3 Å². The van der Waals surface area contributed by atoms with E-state index in [0.29, 0.717) is 24.1 Å². The number of phenolic OH excluding ortho intramolecular Hbond substituents is 1. The molecular weight excluding hydrogens is 306 g/mol. The van der Waals surface area contributed by atoms with Gasteiger partial charge in [0.15, 0.2) is 11.5 Å². The molecular formula is C19H27NO4. The maximum absolute atomic E-state index is 10.9. The van der Waals surface area contributed by atoms with E-state index >= 15 is 0 Å². The van der Waals surface area contributed by atoms with Gasteiger partial charge in [0, 0.05) is 24.1 Å². The van der Waals surface area contributed by atoms with Crippen LogP contribution in [0.15, 0.2) is 12.1 Å². The lowest BCUT2D eigenvalue weighted by Gasteiger charge is -2.60. The van der Waals surface area contributed by atoms with Gasteiger partial charge < -0.3 is 24.6 Å². The van der Waals surface area contributed by atoms with Gasteiger partial charge in [-0.3, -0.25) is 0 Å². The number of fused-ring (bicyclic) bond motifs is 1. The number of rotatable bonds is 2. The standard InChI is InChI=1S/C19H27NO4/c1-20-7-6-19-10-14(21)16(24-3)9-12(19)13(20)8-11-4-5-15(23-2)18(22)17(11)19/h4-5,12-14,16,21-22H,6-10H2,1-3H3. The van der Waals surface area contributed by atoms with E-state index in [1.54, 1.807) is 14.2 Å². The molecule has 0 radical (unpaired) electrons. The summed E-state index contributed by atoms with van der Waals surface area (Å²) in [6.45, 7) is 0.988. The lowest BCUT2D eigenvalue weighted by molar-refractivity contribution is -0.114. The number of hydrogen-bond acceptors (Lipinski definition) is 5. The first kappa shape index (κ1) is 16.2. The number of likely N-dealkylation sites (N-methyl/N-ethyl adjacent to an activating group) is 1. The van der Waals surface area contributed by atoms with Crippen LogP contribution in [-0.4, -0.2) is 61.2 Å². The van der Waals surface area contributed by atoms with Crippen molar-refractivity contribution in [3.05, 3.63) is 23.3 Å². The summed E-state index contributed by atoms with van der Waals surface area (Å²) in [5.41, 5.74) is 2.03. The summed E-state index contributed by atoms with van der Waals surface area (Å²) in [5, 5.41) is 21.6. The molecule has 5 unspecified atom stereocenters. The van der Waals surface area contributed by atoms with E-state index < -0.39 is 6.10 Å². The highest BCUT2D eigenvalue weighted by Crippen LogP contribution is 2.59. The highest BCUT2D eigenvalue weighted by atomic mass is 16.5. The number of ether oxygens (including phenoxy) is 2. The van der Waals surface area contributed by atoms with Gasteiger partial charge in [-0.25, -0.2) is 0 Å². The first-order chi connectivity index (χ1) is 11.5. The Labute approximate surface area is 143 Å². The molecule has 1 heterocycles. The number of aliphatic hydroxyl groups excluding tert-OH is 1. The molecule has 132 valence electrons. The largest absolute Gasteiger partial charge is 0.504 e. The van der Waals surface area contributed by atoms with Crippen LogP contribution in [0.1, 0.15) is 30.4 Å².